The van der Waals surface area contributed by atoms with Crippen molar-refractivity contribution in [3.63, 3.8) is 0 Å². The normalized spacial score (nSPS) is 21.3. The van der Waals surface area contributed by atoms with Crippen LogP contribution in [-0.2, 0) is 0 Å². The molecule has 0 spiro atoms. The van der Waals surface area contributed by atoms with Crippen molar-refractivity contribution in [2.24, 2.45) is 0 Å². The number of nitrogens with one attached hydrogen (secondary N) is 1. The molecular formula is C16H22ClN3O2. The second kappa shape index (κ2) is 6.65. The van der Waals surface area contributed by atoms with E-state index < -0.39 is 0 Å². The van der Waals surface area contributed by atoms with Gasteiger partial charge in [0.15, 0.2) is 0 Å². The van der Waals surface area contributed by atoms with E-state index in [1.165, 1.54) is 0 Å². The molecule has 1 N–H and O–H groups in total. The molecule has 0 bridgehead atoms. The van der Waals surface area contributed by atoms with Gasteiger partial charge < -0.3 is 19.9 Å². The molecule has 2 fully saturated rings. The van der Waals surface area contributed by atoms with E-state index in [0.29, 0.717) is 5.02 Å². The van der Waals surface area contributed by atoms with Gasteiger partial charge in [0, 0.05) is 37.2 Å². The maximum atomic E-state index is 12.2. The number of halogens is 1. The molecule has 0 aliphatic carbocycles. The number of carbonyl (C=O) groups excluding carboxylic acids is 1. The highest BCUT2D eigenvalue weighted by molar-refractivity contribution is 6.30. The van der Waals surface area contributed by atoms with Crippen molar-refractivity contribution in [1.82, 2.24) is 10.2 Å². The number of nitrogens with zero attached hydrogens (tertiary/aromatic N) is 2. The zero-order valence-corrected chi connectivity index (χ0v) is 13.6. The van der Waals surface area contributed by atoms with Crippen molar-refractivity contribution in [2.45, 2.75) is 25.3 Å². The van der Waals surface area contributed by atoms with Gasteiger partial charge in [-0.1, -0.05) is 11.6 Å². The van der Waals surface area contributed by atoms with Gasteiger partial charge in [0.1, 0.15) is 5.75 Å². The number of carbonyl (C=O) groups is 1. The SMILES string of the molecule is COc1ccc(Cl)cc1N1CC[C@H](NC(=O)N2CCCC2)C1. The van der Waals surface area contributed by atoms with Crippen LogP contribution in [-0.4, -0.2) is 50.3 Å². The molecule has 2 amide bonds. The van der Waals surface area contributed by atoms with Gasteiger partial charge in [-0.2, -0.15) is 0 Å². The fraction of sp³-hybridized carbons (Fsp3) is 0.562. The number of methoxy groups -OCH3 is 1. The third-order valence-electron chi connectivity index (χ3n) is 4.39. The summed E-state index contributed by atoms with van der Waals surface area (Å²) in [5, 5.41) is 3.84. The summed E-state index contributed by atoms with van der Waals surface area (Å²) in [6.07, 6.45) is 3.17. The highest BCUT2D eigenvalue weighted by Crippen LogP contribution is 2.33. The predicted molar refractivity (Wildman–Crippen MR) is 88.0 cm³/mol. The van der Waals surface area contributed by atoms with E-state index in [0.717, 1.165) is 56.9 Å². The Kier molecular flexibility index (Phi) is 4.62. The fourth-order valence-electron chi connectivity index (χ4n) is 3.19. The van der Waals surface area contributed by atoms with E-state index in [9.17, 15) is 4.79 Å². The molecule has 22 heavy (non-hydrogen) atoms. The molecule has 0 aromatic heterocycles. The Morgan fingerprint density at radius 1 is 1.32 bits per heavy atom. The van der Waals surface area contributed by atoms with Gasteiger partial charge in [-0.05, 0) is 37.5 Å². The van der Waals surface area contributed by atoms with E-state index in [4.69, 9.17) is 16.3 Å². The number of rotatable bonds is 3. The van der Waals surface area contributed by atoms with Crippen LogP contribution in [0.2, 0.25) is 5.02 Å². The Morgan fingerprint density at radius 2 is 2.09 bits per heavy atom. The van der Waals surface area contributed by atoms with Crippen LogP contribution >= 0.6 is 11.6 Å². The van der Waals surface area contributed by atoms with Gasteiger partial charge in [-0.3, -0.25) is 0 Å². The number of hydrogen-bond donors (Lipinski definition) is 1. The van der Waals surface area contributed by atoms with Gasteiger partial charge in [0.05, 0.1) is 12.8 Å². The third kappa shape index (κ3) is 3.24. The number of anilines is 1. The van der Waals surface area contributed by atoms with Crippen LogP contribution in [0.25, 0.3) is 0 Å². The first-order chi connectivity index (χ1) is 10.7. The molecular weight excluding hydrogens is 302 g/mol. The Labute approximate surface area is 136 Å². The fourth-order valence-corrected chi connectivity index (χ4v) is 3.36. The average Bonchev–Trinajstić information content (AvgIpc) is 3.18. The molecule has 0 unspecified atom stereocenters. The van der Waals surface area contributed by atoms with Crippen molar-refractivity contribution < 1.29 is 9.53 Å². The highest BCUT2D eigenvalue weighted by atomic mass is 35.5. The zero-order valence-electron chi connectivity index (χ0n) is 12.8. The molecule has 1 aromatic rings. The molecule has 3 rings (SSSR count). The summed E-state index contributed by atoms with van der Waals surface area (Å²) in [7, 11) is 1.66. The summed E-state index contributed by atoms with van der Waals surface area (Å²) >= 11 is 6.10. The maximum absolute atomic E-state index is 12.2. The zero-order chi connectivity index (χ0) is 15.5. The van der Waals surface area contributed by atoms with E-state index >= 15 is 0 Å². The average molecular weight is 324 g/mol. The van der Waals surface area contributed by atoms with Crippen molar-refractivity contribution in [3.05, 3.63) is 23.2 Å². The summed E-state index contributed by atoms with van der Waals surface area (Å²) in [5.41, 5.74) is 0.993. The number of urea groups is 1. The summed E-state index contributed by atoms with van der Waals surface area (Å²) < 4.78 is 5.41. The first-order valence-corrected chi connectivity index (χ1v) is 8.19. The van der Waals surface area contributed by atoms with E-state index in [2.05, 4.69) is 10.2 Å². The lowest BCUT2D eigenvalue weighted by Crippen LogP contribution is -2.44. The molecule has 2 heterocycles. The summed E-state index contributed by atoms with van der Waals surface area (Å²) in [4.78, 5) is 16.3. The summed E-state index contributed by atoms with van der Waals surface area (Å²) in [6, 6.07) is 5.88. The monoisotopic (exact) mass is 323 g/mol. The van der Waals surface area contributed by atoms with Crippen LogP contribution in [0.4, 0.5) is 10.5 Å². The molecule has 1 atom stereocenters. The molecule has 6 heteroatoms. The van der Waals surface area contributed by atoms with E-state index in [1.807, 2.05) is 23.1 Å². The predicted octanol–water partition coefficient (Wildman–Crippen LogP) is 2.73. The number of amides is 2. The van der Waals surface area contributed by atoms with Crippen LogP contribution in [0.15, 0.2) is 18.2 Å². The minimum Gasteiger partial charge on any atom is -0.495 e. The topological polar surface area (TPSA) is 44.8 Å². The van der Waals surface area contributed by atoms with Crippen LogP contribution in [0.5, 0.6) is 5.75 Å². The lowest BCUT2D eigenvalue weighted by molar-refractivity contribution is 0.205. The number of likely N-dealkylation sites (tertiary alicyclic amines) is 1. The van der Waals surface area contributed by atoms with Gasteiger partial charge in [0.2, 0.25) is 0 Å². The molecule has 0 saturated carbocycles. The van der Waals surface area contributed by atoms with Crippen LogP contribution in [0, 0.1) is 0 Å². The largest absolute Gasteiger partial charge is 0.495 e. The Balaban J connectivity index is 1.62. The second-order valence-corrected chi connectivity index (χ2v) is 6.33. The lowest BCUT2D eigenvalue weighted by Gasteiger charge is -2.23. The standard InChI is InChI=1S/C16H22ClN3O2/c1-22-15-5-4-12(17)10-14(15)20-9-6-13(11-20)18-16(21)19-7-2-3-8-19/h4-5,10,13H,2-3,6-9,11H2,1H3,(H,18,21)/t13-/m0/s1. The minimum absolute atomic E-state index is 0.0717. The van der Waals surface area contributed by atoms with Crippen molar-refractivity contribution in [2.75, 3.05) is 38.2 Å². The summed E-state index contributed by atoms with van der Waals surface area (Å²) in [6.45, 7) is 3.44. The lowest BCUT2D eigenvalue weighted by atomic mass is 10.2. The van der Waals surface area contributed by atoms with Gasteiger partial charge in [-0.15, -0.1) is 0 Å². The quantitative estimate of drug-likeness (QED) is 0.930. The van der Waals surface area contributed by atoms with Crippen molar-refractivity contribution >= 4 is 23.3 Å². The van der Waals surface area contributed by atoms with Crippen molar-refractivity contribution in [3.8, 4) is 5.75 Å². The first kappa shape index (κ1) is 15.3. The summed E-state index contributed by atoms with van der Waals surface area (Å²) in [5.74, 6) is 0.816. The molecule has 2 aliphatic heterocycles. The molecule has 5 nitrogen and oxygen atoms in total. The van der Waals surface area contributed by atoms with Gasteiger partial charge in [0.25, 0.3) is 0 Å². The highest BCUT2D eigenvalue weighted by Gasteiger charge is 2.28. The maximum Gasteiger partial charge on any atom is 0.317 e. The molecule has 120 valence electrons. The van der Waals surface area contributed by atoms with Crippen LogP contribution < -0.4 is 15.0 Å². The van der Waals surface area contributed by atoms with Crippen LogP contribution in [0.3, 0.4) is 0 Å². The van der Waals surface area contributed by atoms with Gasteiger partial charge in [-0.25, -0.2) is 4.79 Å². The van der Waals surface area contributed by atoms with E-state index in [-0.39, 0.29) is 12.1 Å². The van der Waals surface area contributed by atoms with Gasteiger partial charge >= 0.3 is 6.03 Å². The molecule has 2 saturated heterocycles. The number of hydrogen-bond acceptors (Lipinski definition) is 3. The number of ether oxygens (including phenoxy) is 1. The third-order valence-corrected chi connectivity index (χ3v) is 4.63. The Hall–Kier alpha value is -1.62. The van der Waals surface area contributed by atoms with Crippen LogP contribution in [0.1, 0.15) is 19.3 Å². The molecule has 2 aliphatic rings. The van der Waals surface area contributed by atoms with Crippen molar-refractivity contribution in [1.29, 1.82) is 0 Å². The van der Waals surface area contributed by atoms with E-state index in [1.54, 1.807) is 7.11 Å². The number of benzene rings is 1. The molecule has 0 radical (unpaired) electrons. The molecule has 1 aromatic carbocycles. The Morgan fingerprint density at radius 3 is 2.82 bits per heavy atom. The second-order valence-electron chi connectivity index (χ2n) is 5.89. The first-order valence-electron chi connectivity index (χ1n) is 7.81. The smallest absolute Gasteiger partial charge is 0.317 e. The Bertz CT molecular complexity index is 546. The minimum atomic E-state index is 0.0717.